The molecule has 4 nitrogen and oxygen atoms in total. The van der Waals surface area contributed by atoms with Crippen molar-refractivity contribution in [3.63, 3.8) is 0 Å². The van der Waals surface area contributed by atoms with E-state index in [1.54, 1.807) is 0 Å². The minimum atomic E-state index is -0.0196. The van der Waals surface area contributed by atoms with E-state index in [9.17, 15) is 4.79 Å². The fraction of sp³-hybridized carbons (Fsp3) is 0.929. The number of nitrogens with one attached hydrogen (secondary N) is 1. The molecule has 1 N–H and O–H groups in total. The van der Waals surface area contributed by atoms with E-state index in [4.69, 9.17) is 4.74 Å². The van der Waals surface area contributed by atoms with Gasteiger partial charge in [0, 0.05) is 6.61 Å². The zero-order valence-corrected chi connectivity index (χ0v) is 12.0. The van der Waals surface area contributed by atoms with E-state index < -0.39 is 0 Å². The average Bonchev–Trinajstić information content (AvgIpc) is 2.96. The second-order valence-corrected chi connectivity index (χ2v) is 5.74. The summed E-state index contributed by atoms with van der Waals surface area (Å²) in [6.07, 6.45) is 3.56. The van der Waals surface area contributed by atoms with Gasteiger partial charge in [0.1, 0.15) is 0 Å². The van der Waals surface area contributed by atoms with Crippen LogP contribution >= 0.6 is 0 Å². The van der Waals surface area contributed by atoms with Crippen molar-refractivity contribution in [2.45, 2.75) is 71.3 Å². The minimum absolute atomic E-state index is 0.0196. The lowest BCUT2D eigenvalue weighted by molar-refractivity contribution is -0.135. The fourth-order valence-corrected chi connectivity index (χ4v) is 3.12. The van der Waals surface area contributed by atoms with Gasteiger partial charge in [-0.2, -0.15) is 0 Å². The van der Waals surface area contributed by atoms with Gasteiger partial charge >= 0.3 is 0 Å². The Morgan fingerprint density at radius 3 is 2.78 bits per heavy atom. The molecular formula is C14H26N2O2. The van der Waals surface area contributed by atoms with Crippen molar-refractivity contribution in [2.24, 2.45) is 5.92 Å². The maximum absolute atomic E-state index is 12.5. The molecule has 2 aliphatic rings. The van der Waals surface area contributed by atoms with Crippen LogP contribution in [-0.4, -0.2) is 41.8 Å². The van der Waals surface area contributed by atoms with Gasteiger partial charge in [-0.1, -0.05) is 20.3 Å². The van der Waals surface area contributed by atoms with E-state index >= 15 is 0 Å². The van der Waals surface area contributed by atoms with Gasteiger partial charge in [-0.25, -0.2) is 0 Å². The highest BCUT2D eigenvalue weighted by atomic mass is 16.5. The number of ether oxygens (including phenoxy) is 1. The van der Waals surface area contributed by atoms with Gasteiger partial charge < -0.3 is 9.64 Å². The largest absolute Gasteiger partial charge is 0.376 e. The zero-order valence-electron chi connectivity index (χ0n) is 12.0. The molecule has 0 bridgehead atoms. The van der Waals surface area contributed by atoms with Crippen LogP contribution in [0.3, 0.4) is 0 Å². The highest BCUT2D eigenvalue weighted by Gasteiger charge is 2.43. The van der Waals surface area contributed by atoms with Crippen LogP contribution in [0.25, 0.3) is 0 Å². The summed E-state index contributed by atoms with van der Waals surface area (Å²) in [5, 5.41) is 3.43. The standard InChI is InChI=1S/C14H26N2O2/c1-5-9(2)13-14(17)16(11(4)15-13)10(3)12-7-6-8-18-12/h9-13,15H,5-8H2,1-4H3. The van der Waals surface area contributed by atoms with Gasteiger partial charge in [0.05, 0.1) is 24.4 Å². The molecule has 0 aromatic heterocycles. The summed E-state index contributed by atoms with van der Waals surface area (Å²) >= 11 is 0. The quantitative estimate of drug-likeness (QED) is 0.831. The molecule has 0 saturated carbocycles. The number of carbonyl (C=O) groups excluding carboxylic acids is 1. The summed E-state index contributed by atoms with van der Waals surface area (Å²) in [6.45, 7) is 9.31. The molecule has 104 valence electrons. The number of nitrogens with zero attached hydrogens (tertiary/aromatic N) is 1. The summed E-state index contributed by atoms with van der Waals surface area (Å²) in [4.78, 5) is 14.5. The lowest BCUT2D eigenvalue weighted by atomic mass is 9.99. The Morgan fingerprint density at radius 1 is 1.50 bits per heavy atom. The van der Waals surface area contributed by atoms with E-state index in [1.165, 1.54) is 0 Å². The van der Waals surface area contributed by atoms with Crippen LogP contribution in [0.2, 0.25) is 0 Å². The maximum atomic E-state index is 12.5. The van der Waals surface area contributed by atoms with Crippen LogP contribution < -0.4 is 5.32 Å². The minimum Gasteiger partial charge on any atom is -0.376 e. The van der Waals surface area contributed by atoms with Gasteiger partial charge in [0.25, 0.3) is 0 Å². The van der Waals surface area contributed by atoms with Crippen LogP contribution in [0.4, 0.5) is 0 Å². The number of carbonyl (C=O) groups is 1. The van der Waals surface area contributed by atoms with Crippen LogP contribution in [0, 0.1) is 5.92 Å². The van der Waals surface area contributed by atoms with Crippen molar-refractivity contribution in [3.8, 4) is 0 Å². The summed E-state index contributed by atoms with van der Waals surface area (Å²) < 4.78 is 5.72. The number of hydrogen-bond acceptors (Lipinski definition) is 3. The van der Waals surface area contributed by atoms with Gasteiger partial charge in [-0.3, -0.25) is 10.1 Å². The maximum Gasteiger partial charge on any atom is 0.241 e. The van der Waals surface area contributed by atoms with E-state index in [0.29, 0.717) is 5.92 Å². The van der Waals surface area contributed by atoms with Gasteiger partial charge in [-0.05, 0) is 32.6 Å². The van der Waals surface area contributed by atoms with Crippen molar-refractivity contribution in [1.82, 2.24) is 10.2 Å². The molecule has 2 aliphatic heterocycles. The molecule has 0 radical (unpaired) electrons. The molecule has 2 saturated heterocycles. The van der Waals surface area contributed by atoms with E-state index in [-0.39, 0.29) is 30.3 Å². The fourth-order valence-electron chi connectivity index (χ4n) is 3.12. The Bertz CT molecular complexity index is 302. The van der Waals surface area contributed by atoms with Crippen molar-refractivity contribution in [2.75, 3.05) is 6.61 Å². The van der Waals surface area contributed by atoms with Crippen molar-refractivity contribution >= 4 is 5.91 Å². The molecule has 1 amide bonds. The Morgan fingerprint density at radius 2 is 2.22 bits per heavy atom. The monoisotopic (exact) mass is 254 g/mol. The molecule has 4 heteroatoms. The molecule has 2 heterocycles. The number of amides is 1. The van der Waals surface area contributed by atoms with E-state index in [1.807, 2.05) is 4.90 Å². The summed E-state index contributed by atoms with van der Waals surface area (Å²) in [7, 11) is 0. The SMILES string of the molecule is CCC(C)C1NC(C)N(C(C)C2CCCO2)C1=O. The number of rotatable bonds is 4. The molecule has 0 aromatic carbocycles. The second-order valence-electron chi connectivity index (χ2n) is 5.74. The molecule has 0 aromatic rings. The first-order valence-corrected chi connectivity index (χ1v) is 7.26. The smallest absolute Gasteiger partial charge is 0.241 e. The van der Waals surface area contributed by atoms with Crippen LogP contribution in [-0.2, 0) is 9.53 Å². The van der Waals surface area contributed by atoms with Crippen LogP contribution in [0.15, 0.2) is 0 Å². The predicted molar refractivity (Wildman–Crippen MR) is 71.1 cm³/mol. The third-order valence-corrected chi connectivity index (χ3v) is 4.51. The average molecular weight is 254 g/mol. The summed E-state index contributed by atoms with van der Waals surface area (Å²) in [6, 6.07) is 0.158. The summed E-state index contributed by atoms with van der Waals surface area (Å²) in [5.74, 6) is 0.640. The molecule has 0 aliphatic carbocycles. The Kier molecular flexibility index (Phi) is 4.28. The Balaban J connectivity index is 2.06. The molecule has 5 unspecified atom stereocenters. The second kappa shape index (κ2) is 5.57. The molecule has 2 rings (SSSR count). The molecule has 2 fully saturated rings. The van der Waals surface area contributed by atoms with Gasteiger partial charge in [0.2, 0.25) is 5.91 Å². The Hall–Kier alpha value is -0.610. The van der Waals surface area contributed by atoms with E-state index in [2.05, 4.69) is 33.0 Å². The predicted octanol–water partition coefficient (Wildman–Crippen LogP) is 1.75. The first kappa shape index (κ1) is 13.8. The van der Waals surface area contributed by atoms with Crippen LogP contribution in [0.5, 0.6) is 0 Å². The van der Waals surface area contributed by atoms with Crippen molar-refractivity contribution < 1.29 is 9.53 Å². The van der Waals surface area contributed by atoms with E-state index in [0.717, 1.165) is 25.9 Å². The highest BCUT2D eigenvalue weighted by molar-refractivity contribution is 5.85. The molecule has 5 atom stereocenters. The Labute approximate surface area is 110 Å². The molecular weight excluding hydrogens is 228 g/mol. The lowest BCUT2D eigenvalue weighted by Crippen LogP contribution is -2.47. The van der Waals surface area contributed by atoms with Crippen molar-refractivity contribution in [1.29, 1.82) is 0 Å². The lowest BCUT2D eigenvalue weighted by Gasteiger charge is -2.32. The summed E-state index contributed by atoms with van der Waals surface area (Å²) in [5.41, 5.74) is 0. The van der Waals surface area contributed by atoms with Crippen molar-refractivity contribution in [3.05, 3.63) is 0 Å². The first-order chi connectivity index (χ1) is 8.56. The number of hydrogen-bond donors (Lipinski definition) is 1. The van der Waals surface area contributed by atoms with Gasteiger partial charge in [-0.15, -0.1) is 0 Å². The topological polar surface area (TPSA) is 41.6 Å². The zero-order chi connectivity index (χ0) is 13.3. The molecule has 18 heavy (non-hydrogen) atoms. The van der Waals surface area contributed by atoms with Crippen LogP contribution in [0.1, 0.15) is 47.0 Å². The third-order valence-electron chi connectivity index (χ3n) is 4.51. The van der Waals surface area contributed by atoms with Gasteiger partial charge in [0.15, 0.2) is 0 Å². The highest BCUT2D eigenvalue weighted by Crippen LogP contribution is 2.26. The first-order valence-electron chi connectivity index (χ1n) is 7.26. The molecule has 0 spiro atoms. The third kappa shape index (κ3) is 2.41. The normalized spacial score (nSPS) is 36.1.